The fourth-order valence-corrected chi connectivity index (χ4v) is 3.06. The van der Waals surface area contributed by atoms with Gasteiger partial charge in [-0.1, -0.05) is 12.1 Å². The van der Waals surface area contributed by atoms with Crippen molar-refractivity contribution in [2.45, 2.75) is 20.0 Å². The highest BCUT2D eigenvalue weighted by atomic mass is 19.4. The molecule has 0 bridgehead atoms. The van der Waals surface area contributed by atoms with Crippen LogP contribution in [0.3, 0.4) is 0 Å². The van der Waals surface area contributed by atoms with Crippen molar-refractivity contribution in [2.24, 2.45) is 0 Å². The fraction of sp³-hybridized carbons (Fsp3) is 0.150. The minimum absolute atomic E-state index is 0.422. The van der Waals surface area contributed by atoms with Gasteiger partial charge in [-0.05, 0) is 49.7 Å². The molecule has 0 saturated heterocycles. The molecule has 2 aromatic carbocycles. The molecule has 4 rings (SSSR count). The summed E-state index contributed by atoms with van der Waals surface area (Å²) in [6.45, 7) is 3.88. The van der Waals surface area contributed by atoms with E-state index in [2.05, 4.69) is 20.3 Å². The molecule has 2 aromatic heterocycles. The number of imidazole rings is 1. The Kier molecular flexibility index (Phi) is 4.26. The predicted molar refractivity (Wildman–Crippen MR) is 101 cm³/mol. The van der Waals surface area contributed by atoms with Crippen molar-refractivity contribution < 1.29 is 13.2 Å². The van der Waals surface area contributed by atoms with Crippen molar-refractivity contribution in [3.63, 3.8) is 0 Å². The number of alkyl halides is 3. The average Bonchev–Trinajstić information content (AvgIpc) is 2.99. The zero-order chi connectivity index (χ0) is 19.9. The van der Waals surface area contributed by atoms with E-state index in [1.54, 1.807) is 6.20 Å². The Morgan fingerprint density at radius 3 is 2.39 bits per heavy atom. The van der Waals surface area contributed by atoms with Gasteiger partial charge in [-0.2, -0.15) is 13.2 Å². The van der Waals surface area contributed by atoms with E-state index >= 15 is 0 Å². The summed E-state index contributed by atoms with van der Waals surface area (Å²) in [5, 5.41) is 2.99. The highest BCUT2D eigenvalue weighted by Gasteiger charge is 2.29. The Balaban J connectivity index is 1.68. The number of benzene rings is 2. The van der Waals surface area contributed by atoms with Crippen LogP contribution in [-0.2, 0) is 6.18 Å². The van der Waals surface area contributed by atoms with E-state index in [4.69, 9.17) is 0 Å². The number of para-hydroxylation sites is 1. The molecular weight excluding hydrogens is 367 g/mol. The van der Waals surface area contributed by atoms with E-state index in [0.29, 0.717) is 17.3 Å². The molecule has 0 aliphatic rings. The second-order valence-electron chi connectivity index (χ2n) is 6.40. The van der Waals surface area contributed by atoms with Gasteiger partial charge in [-0.3, -0.25) is 9.55 Å². The smallest absolute Gasteiger partial charge is 0.339 e. The molecule has 5 nitrogen and oxygen atoms in total. The van der Waals surface area contributed by atoms with Crippen molar-refractivity contribution in [2.75, 3.05) is 5.32 Å². The van der Waals surface area contributed by atoms with Gasteiger partial charge in [0.05, 0.1) is 29.0 Å². The van der Waals surface area contributed by atoms with Gasteiger partial charge in [0.2, 0.25) is 0 Å². The Morgan fingerprint density at radius 2 is 1.68 bits per heavy atom. The molecule has 0 aliphatic carbocycles. The maximum absolute atomic E-state index is 12.7. The van der Waals surface area contributed by atoms with E-state index in [0.717, 1.165) is 34.6 Å². The Bertz CT molecular complexity index is 1150. The first-order valence-electron chi connectivity index (χ1n) is 8.54. The summed E-state index contributed by atoms with van der Waals surface area (Å²) in [5.74, 6) is 1.76. The van der Waals surface area contributed by atoms with E-state index in [1.807, 2.05) is 36.6 Å². The molecular formula is C20H16F3N5. The first kappa shape index (κ1) is 18.0. The molecule has 0 saturated carbocycles. The molecule has 28 heavy (non-hydrogen) atoms. The van der Waals surface area contributed by atoms with Crippen molar-refractivity contribution in [1.82, 2.24) is 19.5 Å². The van der Waals surface area contributed by atoms with E-state index < -0.39 is 11.7 Å². The highest BCUT2D eigenvalue weighted by molar-refractivity contribution is 5.81. The lowest BCUT2D eigenvalue weighted by molar-refractivity contribution is -0.137. The van der Waals surface area contributed by atoms with Gasteiger partial charge < -0.3 is 5.32 Å². The molecule has 0 amide bonds. The van der Waals surface area contributed by atoms with Crippen LogP contribution in [-0.4, -0.2) is 19.5 Å². The monoisotopic (exact) mass is 383 g/mol. The third-order valence-corrected chi connectivity index (χ3v) is 4.39. The van der Waals surface area contributed by atoms with Crippen molar-refractivity contribution in [3.8, 4) is 5.82 Å². The van der Waals surface area contributed by atoms with Crippen LogP contribution in [0, 0.1) is 13.8 Å². The quantitative estimate of drug-likeness (QED) is 0.529. The van der Waals surface area contributed by atoms with Crippen LogP contribution in [0.15, 0.2) is 54.9 Å². The van der Waals surface area contributed by atoms with Crippen LogP contribution in [0.1, 0.15) is 17.0 Å². The number of hydrogen-bond acceptors (Lipinski definition) is 4. The van der Waals surface area contributed by atoms with Crippen LogP contribution in [0.5, 0.6) is 0 Å². The standard InChI is InChI=1S/C20H16F3N5/c1-12-4-3-5-16-19(12)25-13(2)28(16)18-11-24-10-17(27-18)26-15-8-6-14(7-9-15)20(21,22)23/h3-11H,1-2H3,(H,26,27). The van der Waals surface area contributed by atoms with Gasteiger partial charge >= 0.3 is 6.18 Å². The summed E-state index contributed by atoms with van der Waals surface area (Å²) in [5.41, 5.74) is 2.66. The Hall–Kier alpha value is -3.42. The molecule has 0 aliphatic heterocycles. The number of aryl methyl sites for hydroxylation is 2. The summed E-state index contributed by atoms with van der Waals surface area (Å²) in [7, 11) is 0. The highest BCUT2D eigenvalue weighted by Crippen LogP contribution is 2.30. The second-order valence-corrected chi connectivity index (χ2v) is 6.40. The van der Waals surface area contributed by atoms with E-state index in [1.165, 1.54) is 18.3 Å². The lowest BCUT2D eigenvalue weighted by Gasteiger charge is -2.11. The molecule has 2 heterocycles. The molecule has 0 radical (unpaired) electrons. The number of fused-ring (bicyclic) bond motifs is 1. The van der Waals surface area contributed by atoms with Crippen molar-refractivity contribution >= 4 is 22.5 Å². The van der Waals surface area contributed by atoms with Crippen LogP contribution >= 0.6 is 0 Å². The number of halogens is 3. The third kappa shape index (κ3) is 3.28. The van der Waals surface area contributed by atoms with Gasteiger partial charge in [0.15, 0.2) is 11.6 Å². The molecule has 0 spiro atoms. The molecule has 1 N–H and O–H groups in total. The Morgan fingerprint density at radius 1 is 0.929 bits per heavy atom. The number of aromatic nitrogens is 4. The fourth-order valence-electron chi connectivity index (χ4n) is 3.06. The zero-order valence-corrected chi connectivity index (χ0v) is 15.1. The van der Waals surface area contributed by atoms with E-state index in [-0.39, 0.29) is 0 Å². The van der Waals surface area contributed by atoms with Gasteiger partial charge in [0.25, 0.3) is 0 Å². The number of anilines is 2. The largest absolute Gasteiger partial charge is 0.416 e. The summed E-state index contributed by atoms with van der Waals surface area (Å²) >= 11 is 0. The van der Waals surface area contributed by atoms with Crippen LogP contribution in [0.2, 0.25) is 0 Å². The molecule has 4 aromatic rings. The van der Waals surface area contributed by atoms with Gasteiger partial charge in [0, 0.05) is 5.69 Å². The summed E-state index contributed by atoms with van der Waals surface area (Å²) in [6.07, 6.45) is -1.23. The number of hydrogen-bond donors (Lipinski definition) is 1. The number of nitrogens with one attached hydrogen (secondary N) is 1. The van der Waals surface area contributed by atoms with Crippen molar-refractivity contribution in [1.29, 1.82) is 0 Å². The molecule has 0 fully saturated rings. The average molecular weight is 383 g/mol. The van der Waals surface area contributed by atoms with Crippen LogP contribution in [0.25, 0.3) is 16.9 Å². The van der Waals surface area contributed by atoms with Crippen LogP contribution < -0.4 is 5.32 Å². The summed E-state index contributed by atoms with van der Waals surface area (Å²) < 4.78 is 40.0. The molecule has 142 valence electrons. The third-order valence-electron chi connectivity index (χ3n) is 4.39. The molecule has 0 unspecified atom stereocenters. The van der Waals surface area contributed by atoms with Crippen molar-refractivity contribution in [3.05, 3.63) is 71.8 Å². The lowest BCUT2D eigenvalue weighted by atomic mass is 10.2. The summed E-state index contributed by atoms with van der Waals surface area (Å²) in [6, 6.07) is 10.7. The first-order valence-corrected chi connectivity index (χ1v) is 8.54. The van der Waals surface area contributed by atoms with Crippen LogP contribution in [0.4, 0.5) is 24.7 Å². The summed E-state index contributed by atoms with van der Waals surface area (Å²) in [4.78, 5) is 13.4. The minimum Gasteiger partial charge on any atom is -0.339 e. The van der Waals surface area contributed by atoms with E-state index in [9.17, 15) is 13.2 Å². The lowest BCUT2D eigenvalue weighted by Crippen LogP contribution is -2.05. The second kappa shape index (κ2) is 6.63. The Labute approximate surface area is 158 Å². The predicted octanol–water partition coefficient (Wildman–Crippen LogP) is 5.19. The minimum atomic E-state index is -4.36. The van der Waals surface area contributed by atoms with Gasteiger partial charge in [0.1, 0.15) is 5.82 Å². The maximum Gasteiger partial charge on any atom is 0.416 e. The molecule has 8 heteroatoms. The number of nitrogens with zero attached hydrogens (tertiary/aromatic N) is 4. The van der Waals surface area contributed by atoms with Gasteiger partial charge in [-0.15, -0.1) is 0 Å². The maximum atomic E-state index is 12.7. The van der Waals surface area contributed by atoms with Gasteiger partial charge in [-0.25, -0.2) is 9.97 Å². The normalized spacial score (nSPS) is 11.8. The SMILES string of the molecule is Cc1cccc2c1nc(C)n2-c1cncc(Nc2ccc(C(F)(F)F)cc2)n1. The molecule has 0 atom stereocenters. The topological polar surface area (TPSA) is 55.6 Å². The number of rotatable bonds is 3. The zero-order valence-electron chi connectivity index (χ0n) is 15.1. The first-order chi connectivity index (χ1) is 13.3.